The van der Waals surface area contributed by atoms with E-state index in [2.05, 4.69) is 204 Å². The van der Waals surface area contributed by atoms with Gasteiger partial charge in [-0.05, 0) is 79.9 Å². The zero-order chi connectivity index (χ0) is 36.8. The van der Waals surface area contributed by atoms with Crippen LogP contribution in [0.25, 0.3) is 45.2 Å². The van der Waals surface area contributed by atoms with Crippen molar-refractivity contribution in [3.05, 3.63) is 252 Å². The minimum atomic E-state index is 0.173. The van der Waals surface area contributed by atoms with Crippen molar-refractivity contribution in [1.29, 1.82) is 0 Å². The van der Waals surface area contributed by atoms with Crippen LogP contribution in [0.15, 0.2) is 223 Å². The molecule has 0 bridgehead atoms. The highest BCUT2D eigenvalue weighted by Crippen LogP contribution is 2.35. The van der Waals surface area contributed by atoms with Gasteiger partial charge < -0.3 is 4.42 Å². The van der Waals surface area contributed by atoms with Crippen LogP contribution in [0.2, 0.25) is 0 Å². The van der Waals surface area contributed by atoms with E-state index < -0.39 is 0 Å². The third kappa shape index (κ3) is 7.29. The molecule has 0 fully saturated rings. The summed E-state index contributed by atoms with van der Waals surface area (Å²) in [5.41, 5.74) is 14.0. The smallest absolute Gasteiger partial charge is 0.248 e. The van der Waals surface area contributed by atoms with Gasteiger partial charge in [0.1, 0.15) is 0 Å². The second-order valence-electron chi connectivity index (χ2n) is 13.8. The van der Waals surface area contributed by atoms with Gasteiger partial charge in [0, 0.05) is 23.0 Å². The topological polar surface area (TPSA) is 38.9 Å². The predicted octanol–water partition coefficient (Wildman–Crippen LogP) is 13.1. The predicted molar refractivity (Wildman–Crippen MR) is 224 cm³/mol. The monoisotopic (exact) mass is 706 g/mol. The van der Waals surface area contributed by atoms with E-state index in [0.29, 0.717) is 11.8 Å². The average molecular weight is 707 g/mol. The summed E-state index contributed by atoms with van der Waals surface area (Å²) >= 11 is 0. The van der Waals surface area contributed by atoms with E-state index in [0.717, 1.165) is 33.4 Å². The lowest BCUT2D eigenvalue weighted by molar-refractivity contribution is 0.584. The molecule has 0 radical (unpaired) electrons. The summed E-state index contributed by atoms with van der Waals surface area (Å²) in [6.07, 6.45) is 0. The van der Waals surface area contributed by atoms with E-state index in [1.54, 1.807) is 0 Å². The molecule has 0 unspecified atom stereocenters. The van der Waals surface area contributed by atoms with Gasteiger partial charge in [0.05, 0.1) is 0 Å². The largest absolute Gasteiger partial charge is 0.416 e. The summed E-state index contributed by atoms with van der Waals surface area (Å²) in [4.78, 5) is 0. The van der Waals surface area contributed by atoms with Gasteiger partial charge in [0.2, 0.25) is 11.8 Å². The molecule has 0 saturated carbocycles. The number of nitrogens with zero attached hydrogens (tertiary/aromatic N) is 2. The molecule has 0 atom stereocenters. The van der Waals surface area contributed by atoms with Crippen molar-refractivity contribution in [3.63, 3.8) is 0 Å². The molecular formula is C52H38N2O. The summed E-state index contributed by atoms with van der Waals surface area (Å²) in [6, 6.07) is 77.2. The molecule has 0 aliphatic rings. The lowest BCUT2D eigenvalue weighted by atomic mass is 9.84. The maximum Gasteiger partial charge on any atom is 0.248 e. The highest BCUT2D eigenvalue weighted by molar-refractivity contribution is 5.70. The normalized spacial score (nSPS) is 11.2. The molecule has 0 aliphatic heterocycles. The van der Waals surface area contributed by atoms with Crippen LogP contribution in [0.1, 0.15) is 45.2 Å². The Balaban J connectivity index is 0.892. The second kappa shape index (κ2) is 15.5. The van der Waals surface area contributed by atoms with Crippen LogP contribution < -0.4 is 0 Å². The molecule has 3 heteroatoms. The number of rotatable bonds is 10. The Morgan fingerprint density at radius 2 is 0.455 bits per heavy atom. The Bertz CT molecular complexity index is 2320. The van der Waals surface area contributed by atoms with E-state index in [4.69, 9.17) is 4.42 Å². The van der Waals surface area contributed by atoms with E-state index >= 15 is 0 Å². The maximum atomic E-state index is 6.18. The van der Waals surface area contributed by atoms with Gasteiger partial charge in [-0.2, -0.15) is 0 Å². The summed E-state index contributed by atoms with van der Waals surface area (Å²) < 4.78 is 6.18. The Morgan fingerprint density at radius 3 is 0.727 bits per heavy atom. The molecule has 0 saturated heterocycles. The molecular weight excluding hydrogens is 669 g/mol. The van der Waals surface area contributed by atoms with Gasteiger partial charge in [-0.3, -0.25) is 0 Å². The highest BCUT2D eigenvalue weighted by atomic mass is 16.4. The molecule has 8 aromatic carbocycles. The van der Waals surface area contributed by atoms with E-state index in [1.807, 2.05) is 24.3 Å². The quantitative estimate of drug-likeness (QED) is 0.133. The zero-order valence-corrected chi connectivity index (χ0v) is 30.2. The van der Waals surface area contributed by atoms with Crippen LogP contribution in [-0.4, -0.2) is 10.2 Å². The molecule has 0 amide bonds. The Hall–Kier alpha value is -7.10. The number of hydrogen-bond donors (Lipinski definition) is 0. The van der Waals surface area contributed by atoms with Crippen LogP contribution in [-0.2, 0) is 0 Å². The number of benzene rings is 8. The Kier molecular flexibility index (Phi) is 9.49. The molecule has 1 aromatic heterocycles. The van der Waals surface area contributed by atoms with E-state index in [9.17, 15) is 0 Å². The standard InChI is InChI=1S/C52H38N2O/c1-5-13-41(14-6-1)49(42-15-7-2-8-16-42)45-29-21-37(22-30-45)39-25-33-47(34-26-39)51-53-54-52(55-51)48-35-27-40(28-36-48)38-23-31-46(32-24-38)50(43-17-9-3-10-18-43)44-19-11-4-12-20-44/h1-36,49-50H. The minimum Gasteiger partial charge on any atom is -0.416 e. The molecule has 3 nitrogen and oxygen atoms in total. The first-order chi connectivity index (χ1) is 27.3. The highest BCUT2D eigenvalue weighted by Gasteiger charge is 2.18. The van der Waals surface area contributed by atoms with Gasteiger partial charge in [0.25, 0.3) is 0 Å². The first kappa shape index (κ1) is 33.7. The van der Waals surface area contributed by atoms with Crippen molar-refractivity contribution in [2.45, 2.75) is 11.8 Å². The van der Waals surface area contributed by atoms with Crippen molar-refractivity contribution in [3.8, 4) is 45.2 Å². The lowest BCUT2D eigenvalue weighted by Crippen LogP contribution is -2.03. The minimum absolute atomic E-state index is 0.173. The van der Waals surface area contributed by atoms with Crippen LogP contribution in [0.3, 0.4) is 0 Å². The average Bonchev–Trinajstić information content (AvgIpc) is 3.77. The van der Waals surface area contributed by atoms with Gasteiger partial charge >= 0.3 is 0 Å². The first-order valence-electron chi connectivity index (χ1n) is 18.7. The van der Waals surface area contributed by atoms with E-state index in [-0.39, 0.29) is 11.8 Å². The summed E-state index contributed by atoms with van der Waals surface area (Å²) in [6.45, 7) is 0. The Morgan fingerprint density at radius 1 is 0.236 bits per heavy atom. The van der Waals surface area contributed by atoms with Gasteiger partial charge in [0.15, 0.2) is 0 Å². The van der Waals surface area contributed by atoms with Crippen molar-refractivity contribution < 1.29 is 4.42 Å². The summed E-state index contributed by atoms with van der Waals surface area (Å²) in [7, 11) is 0. The molecule has 1 heterocycles. The van der Waals surface area contributed by atoms with E-state index in [1.165, 1.54) is 33.4 Å². The molecule has 262 valence electrons. The molecule has 0 N–H and O–H groups in total. The third-order valence-corrected chi connectivity index (χ3v) is 10.4. The van der Waals surface area contributed by atoms with Gasteiger partial charge in [-0.25, -0.2) is 0 Å². The fourth-order valence-electron chi connectivity index (χ4n) is 7.54. The summed E-state index contributed by atoms with van der Waals surface area (Å²) in [5.74, 6) is 1.34. The first-order valence-corrected chi connectivity index (χ1v) is 18.7. The van der Waals surface area contributed by atoms with Crippen LogP contribution in [0.4, 0.5) is 0 Å². The van der Waals surface area contributed by atoms with Crippen molar-refractivity contribution in [2.24, 2.45) is 0 Å². The second-order valence-corrected chi connectivity index (χ2v) is 13.8. The van der Waals surface area contributed by atoms with Gasteiger partial charge in [-0.15, -0.1) is 10.2 Å². The third-order valence-electron chi connectivity index (χ3n) is 10.4. The molecule has 0 aliphatic carbocycles. The molecule has 55 heavy (non-hydrogen) atoms. The van der Waals surface area contributed by atoms with Gasteiger partial charge in [-0.1, -0.05) is 194 Å². The van der Waals surface area contributed by atoms with Crippen molar-refractivity contribution >= 4 is 0 Å². The molecule has 9 aromatic rings. The van der Waals surface area contributed by atoms with Crippen LogP contribution in [0.5, 0.6) is 0 Å². The SMILES string of the molecule is c1ccc(C(c2ccccc2)c2ccc(-c3ccc(-c4nnc(-c5ccc(-c6ccc(C(c7ccccc7)c7ccccc7)cc6)cc5)o4)cc3)cc2)cc1. The fourth-order valence-corrected chi connectivity index (χ4v) is 7.54. The van der Waals surface area contributed by atoms with Crippen molar-refractivity contribution in [2.75, 3.05) is 0 Å². The zero-order valence-electron chi connectivity index (χ0n) is 30.2. The fraction of sp³-hybridized carbons (Fsp3) is 0.0385. The Labute approximate surface area is 322 Å². The van der Waals surface area contributed by atoms with Crippen LogP contribution in [0, 0.1) is 0 Å². The summed E-state index contributed by atoms with van der Waals surface area (Å²) in [5, 5.41) is 8.79. The van der Waals surface area contributed by atoms with Crippen LogP contribution >= 0.6 is 0 Å². The lowest BCUT2D eigenvalue weighted by Gasteiger charge is -2.19. The number of aromatic nitrogens is 2. The number of hydrogen-bond acceptors (Lipinski definition) is 3. The maximum absolute atomic E-state index is 6.18. The molecule has 0 spiro atoms. The van der Waals surface area contributed by atoms with Crippen molar-refractivity contribution in [1.82, 2.24) is 10.2 Å². The molecule has 9 rings (SSSR count).